The van der Waals surface area contributed by atoms with Crippen LogP contribution in [0.1, 0.15) is 30.9 Å². The first-order valence-corrected chi connectivity index (χ1v) is 6.73. The van der Waals surface area contributed by atoms with Crippen LogP contribution in [0.3, 0.4) is 0 Å². The third-order valence-corrected chi connectivity index (χ3v) is 3.69. The van der Waals surface area contributed by atoms with E-state index in [0.717, 1.165) is 32.2 Å². The fourth-order valence-electron chi connectivity index (χ4n) is 2.84. The Hall–Kier alpha value is -1.06. The molecule has 3 nitrogen and oxygen atoms in total. The van der Waals surface area contributed by atoms with Gasteiger partial charge in [-0.3, -0.25) is 9.69 Å². The topological polar surface area (TPSA) is 40.5 Å². The van der Waals surface area contributed by atoms with Crippen LogP contribution < -0.4 is 0 Å². The van der Waals surface area contributed by atoms with Gasteiger partial charge in [0.1, 0.15) is 0 Å². The lowest BCUT2D eigenvalue weighted by Crippen LogP contribution is -2.42. The summed E-state index contributed by atoms with van der Waals surface area (Å²) >= 11 is 0. The second-order valence-corrected chi connectivity index (χ2v) is 5.03. The van der Waals surface area contributed by atoms with E-state index in [1.165, 1.54) is 11.1 Å². The van der Waals surface area contributed by atoms with E-state index < -0.39 is 5.97 Å². The number of halogens is 1. The summed E-state index contributed by atoms with van der Waals surface area (Å²) in [7, 11) is 0. The lowest BCUT2D eigenvalue weighted by Gasteiger charge is -2.34. The maximum absolute atomic E-state index is 10.9. The molecule has 106 valence electrons. The Labute approximate surface area is 121 Å². The van der Waals surface area contributed by atoms with Crippen LogP contribution in [0.2, 0.25) is 0 Å². The first-order chi connectivity index (χ1) is 8.70. The molecule has 0 fully saturated rings. The molecule has 1 unspecified atom stereocenters. The highest BCUT2D eigenvalue weighted by atomic mass is 35.5. The lowest BCUT2D eigenvalue weighted by atomic mass is 9.87. The van der Waals surface area contributed by atoms with Gasteiger partial charge >= 0.3 is 5.97 Å². The number of rotatable bonds is 5. The number of carbonyl (C=O) groups is 1. The molecule has 0 saturated carbocycles. The summed E-state index contributed by atoms with van der Waals surface area (Å²) in [5, 5.41) is 8.99. The van der Waals surface area contributed by atoms with Crippen LogP contribution >= 0.6 is 12.4 Å². The molecule has 0 aliphatic heterocycles. The molecule has 1 aliphatic carbocycles. The fourth-order valence-corrected chi connectivity index (χ4v) is 2.84. The van der Waals surface area contributed by atoms with E-state index in [2.05, 4.69) is 36.1 Å². The van der Waals surface area contributed by atoms with Crippen molar-refractivity contribution < 1.29 is 9.90 Å². The van der Waals surface area contributed by atoms with Crippen LogP contribution in [0.25, 0.3) is 0 Å². The van der Waals surface area contributed by atoms with Gasteiger partial charge in [-0.25, -0.2) is 0 Å². The Bertz CT molecular complexity index is 422. The molecule has 1 N–H and O–H groups in total. The SMILES string of the molecule is CCCN(CC(=O)O)C1CCc2ccccc2C1.Cl. The summed E-state index contributed by atoms with van der Waals surface area (Å²) in [6.07, 6.45) is 4.14. The highest BCUT2D eigenvalue weighted by Crippen LogP contribution is 2.24. The molecule has 1 aromatic rings. The van der Waals surface area contributed by atoms with Crippen molar-refractivity contribution in [2.75, 3.05) is 13.1 Å². The Morgan fingerprint density at radius 2 is 2.05 bits per heavy atom. The van der Waals surface area contributed by atoms with Crippen LogP contribution in [-0.2, 0) is 17.6 Å². The Morgan fingerprint density at radius 1 is 1.37 bits per heavy atom. The summed E-state index contributed by atoms with van der Waals surface area (Å²) in [6.45, 7) is 3.14. The van der Waals surface area contributed by atoms with E-state index in [0.29, 0.717) is 6.04 Å². The summed E-state index contributed by atoms with van der Waals surface area (Å²) in [6, 6.07) is 8.90. The first-order valence-electron chi connectivity index (χ1n) is 6.73. The van der Waals surface area contributed by atoms with Crippen molar-refractivity contribution in [2.45, 2.75) is 38.6 Å². The fraction of sp³-hybridized carbons (Fsp3) is 0.533. The Balaban J connectivity index is 0.00000180. The Morgan fingerprint density at radius 3 is 2.68 bits per heavy atom. The molecule has 0 heterocycles. The van der Waals surface area contributed by atoms with Crippen molar-refractivity contribution in [1.82, 2.24) is 4.90 Å². The van der Waals surface area contributed by atoms with Gasteiger partial charge in [-0.05, 0) is 43.4 Å². The third kappa shape index (κ3) is 4.22. The molecular formula is C15H22ClNO2. The van der Waals surface area contributed by atoms with Gasteiger partial charge in [0, 0.05) is 6.04 Å². The van der Waals surface area contributed by atoms with Crippen LogP contribution in [0.5, 0.6) is 0 Å². The average molecular weight is 284 g/mol. The van der Waals surface area contributed by atoms with Gasteiger partial charge < -0.3 is 5.11 Å². The number of hydrogen-bond donors (Lipinski definition) is 1. The molecule has 1 aliphatic rings. The summed E-state index contributed by atoms with van der Waals surface area (Å²) < 4.78 is 0. The number of aryl methyl sites for hydroxylation is 1. The van der Waals surface area contributed by atoms with Gasteiger partial charge in [0.05, 0.1) is 6.54 Å². The zero-order valence-electron chi connectivity index (χ0n) is 11.3. The van der Waals surface area contributed by atoms with Crippen molar-refractivity contribution in [3.05, 3.63) is 35.4 Å². The van der Waals surface area contributed by atoms with E-state index in [9.17, 15) is 4.79 Å². The third-order valence-electron chi connectivity index (χ3n) is 3.69. The zero-order valence-corrected chi connectivity index (χ0v) is 12.2. The van der Waals surface area contributed by atoms with Crippen molar-refractivity contribution in [1.29, 1.82) is 0 Å². The van der Waals surface area contributed by atoms with Gasteiger partial charge in [0.25, 0.3) is 0 Å². The summed E-state index contributed by atoms with van der Waals surface area (Å²) in [5.74, 6) is -0.720. The number of nitrogens with zero attached hydrogens (tertiary/aromatic N) is 1. The highest BCUT2D eigenvalue weighted by Gasteiger charge is 2.24. The van der Waals surface area contributed by atoms with Gasteiger partial charge in [-0.15, -0.1) is 12.4 Å². The van der Waals surface area contributed by atoms with Crippen LogP contribution in [0.15, 0.2) is 24.3 Å². The summed E-state index contributed by atoms with van der Waals surface area (Å²) in [4.78, 5) is 13.1. The molecule has 0 bridgehead atoms. The van der Waals surface area contributed by atoms with Crippen molar-refractivity contribution in [2.24, 2.45) is 0 Å². The molecule has 0 radical (unpaired) electrons. The second-order valence-electron chi connectivity index (χ2n) is 5.03. The Kier molecular flexibility index (Phi) is 6.32. The molecule has 1 aromatic carbocycles. The number of aliphatic carboxylic acids is 1. The van der Waals surface area contributed by atoms with Crippen LogP contribution in [0, 0.1) is 0 Å². The van der Waals surface area contributed by atoms with Gasteiger partial charge in [-0.1, -0.05) is 31.2 Å². The number of fused-ring (bicyclic) bond motifs is 1. The standard InChI is InChI=1S/C15H21NO2.ClH/c1-2-9-16(11-15(17)18)14-8-7-12-5-3-4-6-13(12)10-14;/h3-6,14H,2,7-11H2,1H3,(H,17,18);1H. The number of benzene rings is 1. The van der Waals surface area contributed by atoms with E-state index >= 15 is 0 Å². The largest absolute Gasteiger partial charge is 0.480 e. The number of hydrogen-bond acceptors (Lipinski definition) is 2. The van der Waals surface area contributed by atoms with Gasteiger partial charge in [0.15, 0.2) is 0 Å². The molecular weight excluding hydrogens is 262 g/mol. The molecule has 0 amide bonds. The molecule has 0 saturated heterocycles. The maximum atomic E-state index is 10.9. The quantitative estimate of drug-likeness (QED) is 0.903. The minimum atomic E-state index is -0.720. The maximum Gasteiger partial charge on any atom is 0.317 e. The first kappa shape index (κ1) is 16.0. The lowest BCUT2D eigenvalue weighted by molar-refractivity contribution is -0.139. The van der Waals surface area contributed by atoms with Crippen molar-refractivity contribution in [3.8, 4) is 0 Å². The molecule has 1 atom stereocenters. The molecule has 2 rings (SSSR count). The van der Waals surface area contributed by atoms with Crippen molar-refractivity contribution >= 4 is 18.4 Å². The van der Waals surface area contributed by atoms with E-state index in [4.69, 9.17) is 5.11 Å². The highest BCUT2D eigenvalue weighted by molar-refractivity contribution is 5.85. The minimum absolute atomic E-state index is 0. The smallest absolute Gasteiger partial charge is 0.317 e. The average Bonchev–Trinajstić information content (AvgIpc) is 2.37. The van der Waals surface area contributed by atoms with Crippen molar-refractivity contribution in [3.63, 3.8) is 0 Å². The zero-order chi connectivity index (χ0) is 13.0. The molecule has 0 spiro atoms. The molecule has 4 heteroatoms. The monoisotopic (exact) mass is 283 g/mol. The van der Waals surface area contributed by atoms with Crippen LogP contribution in [-0.4, -0.2) is 35.1 Å². The minimum Gasteiger partial charge on any atom is -0.480 e. The number of carboxylic acids is 1. The predicted octanol–water partition coefficient (Wildman–Crippen LogP) is 2.76. The second kappa shape index (κ2) is 7.51. The van der Waals surface area contributed by atoms with E-state index in [-0.39, 0.29) is 19.0 Å². The van der Waals surface area contributed by atoms with E-state index in [1.54, 1.807) is 0 Å². The molecule has 0 aromatic heterocycles. The predicted molar refractivity (Wildman–Crippen MR) is 79.0 cm³/mol. The van der Waals surface area contributed by atoms with Gasteiger partial charge in [0.2, 0.25) is 0 Å². The number of carboxylic acid groups (broad SMARTS) is 1. The normalized spacial score (nSPS) is 17.7. The van der Waals surface area contributed by atoms with Gasteiger partial charge in [-0.2, -0.15) is 0 Å². The summed E-state index contributed by atoms with van der Waals surface area (Å²) in [5.41, 5.74) is 2.82. The van der Waals surface area contributed by atoms with Crippen LogP contribution in [0.4, 0.5) is 0 Å². The van der Waals surface area contributed by atoms with E-state index in [1.807, 2.05) is 0 Å². The molecule has 19 heavy (non-hydrogen) atoms.